The number of halogens is 1. The summed E-state index contributed by atoms with van der Waals surface area (Å²) in [7, 11) is 4.03. The Morgan fingerprint density at radius 3 is 2.64 bits per heavy atom. The van der Waals surface area contributed by atoms with Gasteiger partial charge in [0.2, 0.25) is 0 Å². The Bertz CT molecular complexity index is 395. The zero-order chi connectivity index (χ0) is 9.26. The van der Waals surface area contributed by atoms with Crippen LogP contribution in [0.5, 0.6) is 0 Å². The number of thiophene rings is 1. The molecule has 2 nitrogen and oxygen atoms in total. The fraction of sp³-hybridized carbons (Fsp3) is 0.222. The molecule has 0 bridgehead atoms. The maximum atomic E-state index is 3.16. The Balaban J connectivity index is 0.000000980. The minimum atomic E-state index is 0. The molecule has 14 heavy (non-hydrogen) atoms. The summed E-state index contributed by atoms with van der Waals surface area (Å²) in [5.74, 6) is 0. The molecule has 2 heterocycles. The maximum Gasteiger partial charge on any atom is 0.333 e. The van der Waals surface area contributed by atoms with Crippen LogP contribution in [0.1, 0.15) is 0 Å². The van der Waals surface area contributed by atoms with E-state index in [4.69, 9.17) is 0 Å². The van der Waals surface area contributed by atoms with Crippen LogP contribution in [-0.2, 0) is 7.05 Å². The monoisotopic (exact) mass is 291 g/mol. The van der Waals surface area contributed by atoms with Crippen LogP contribution in [-0.4, -0.2) is 7.05 Å². The number of nitrogens with one attached hydrogen (secondary N) is 1. The molecule has 0 aliphatic carbocycles. The molecule has 0 unspecified atom stereocenters. The minimum Gasteiger partial charge on any atom is -0.268 e. The van der Waals surface area contributed by atoms with E-state index in [1.807, 2.05) is 7.05 Å². The van der Waals surface area contributed by atoms with Gasteiger partial charge in [0.25, 0.3) is 0 Å². The normalized spacial score (nSPS) is 9.57. The van der Waals surface area contributed by atoms with Gasteiger partial charge < -0.3 is 0 Å². The average Bonchev–Trinajstić information content (AvgIpc) is 2.72. The SMILES string of the molecule is Br.CNc1scc(-c2cccs2)[n+]1C. The van der Waals surface area contributed by atoms with E-state index in [0.29, 0.717) is 0 Å². The summed E-state index contributed by atoms with van der Waals surface area (Å²) in [5, 5.41) is 8.63. The molecule has 0 aliphatic heterocycles. The van der Waals surface area contributed by atoms with Gasteiger partial charge in [-0.2, -0.15) is 0 Å². The van der Waals surface area contributed by atoms with Crippen LogP contribution in [0.25, 0.3) is 10.6 Å². The first-order valence-corrected chi connectivity index (χ1v) is 5.78. The molecule has 2 aromatic rings. The molecule has 2 aromatic heterocycles. The first-order chi connectivity index (χ1) is 6.33. The van der Waals surface area contributed by atoms with Crippen molar-refractivity contribution in [1.29, 1.82) is 0 Å². The largest absolute Gasteiger partial charge is 0.333 e. The molecule has 0 aromatic carbocycles. The second kappa shape index (κ2) is 4.91. The van der Waals surface area contributed by atoms with E-state index in [1.54, 1.807) is 22.7 Å². The van der Waals surface area contributed by atoms with E-state index in [0.717, 1.165) is 0 Å². The summed E-state index contributed by atoms with van der Waals surface area (Å²) in [6.07, 6.45) is 0. The Kier molecular flexibility index (Phi) is 4.10. The van der Waals surface area contributed by atoms with Gasteiger partial charge in [-0.15, -0.1) is 28.3 Å². The van der Waals surface area contributed by atoms with Gasteiger partial charge in [0.15, 0.2) is 5.69 Å². The van der Waals surface area contributed by atoms with E-state index >= 15 is 0 Å². The summed E-state index contributed by atoms with van der Waals surface area (Å²) < 4.78 is 2.18. The summed E-state index contributed by atoms with van der Waals surface area (Å²) in [6, 6.07) is 4.23. The van der Waals surface area contributed by atoms with Gasteiger partial charge in [-0.25, -0.2) is 4.57 Å². The van der Waals surface area contributed by atoms with Crippen molar-refractivity contribution < 1.29 is 4.57 Å². The number of thiazole rings is 1. The van der Waals surface area contributed by atoms with Crippen molar-refractivity contribution in [3.05, 3.63) is 22.9 Å². The van der Waals surface area contributed by atoms with Gasteiger partial charge in [0.05, 0.1) is 19.0 Å². The fourth-order valence-corrected chi connectivity index (χ4v) is 2.99. The molecule has 0 aliphatic rings. The van der Waals surface area contributed by atoms with Crippen LogP contribution in [0.3, 0.4) is 0 Å². The Labute approximate surface area is 102 Å². The van der Waals surface area contributed by atoms with E-state index in [2.05, 4.69) is 39.8 Å². The average molecular weight is 292 g/mol. The zero-order valence-electron chi connectivity index (χ0n) is 7.98. The molecule has 0 saturated carbocycles. The third kappa shape index (κ3) is 1.99. The van der Waals surface area contributed by atoms with Gasteiger partial charge in [-0.05, 0) is 11.4 Å². The summed E-state index contributed by atoms with van der Waals surface area (Å²) in [6.45, 7) is 0. The maximum absolute atomic E-state index is 3.16. The number of rotatable bonds is 2. The van der Waals surface area contributed by atoms with E-state index in [9.17, 15) is 0 Å². The highest BCUT2D eigenvalue weighted by Crippen LogP contribution is 2.25. The molecule has 0 spiro atoms. The first kappa shape index (κ1) is 11.7. The lowest BCUT2D eigenvalue weighted by molar-refractivity contribution is -0.641. The first-order valence-electron chi connectivity index (χ1n) is 4.02. The summed E-state index contributed by atoms with van der Waals surface area (Å²) in [5.41, 5.74) is 1.28. The van der Waals surface area contributed by atoms with Crippen LogP contribution in [0.15, 0.2) is 22.9 Å². The quantitative estimate of drug-likeness (QED) is 0.842. The van der Waals surface area contributed by atoms with Gasteiger partial charge in [-0.3, -0.25) is 5.32 Å². The van der Waals surface area contributed by atoms with Crippen LogP contribution < -0.4 is 9.88 Å². The molecule has 1 N–H and O–H groups in total. The third-order valence-corrected chi connectivity index (χ3v) is 3.87. The zero-order valence-corrected chi connectivity index (χ0v) is 11.3. The highest BCUT2D eigenvalue weighted by molar-refractivity contribution is 8.93. The molecule has 5 heteroatoms. The van der Waals surface area contributed by atoms with Crippen molar-refractivity contribution in [2.75, 3.05) is 12.4 Å². The fourth-order valence-electron chi connectivity index (χ4n) is 1.25. The predicted molar refractivity (Wildman–Crippen MR) is 68.7 cm³/mol. The Morgan fingerprint density at radius 2 is 2.14 bits per heavy atom. The van der Waals surface area contributed by atoms with Gasteiger partial charge >= 0.3 is 5.13 Å². The van der Waals surface area contributed by atoms with Crippen LogP contribution in [0.4, 0.5) is 5.13 Å². The number of hydrogen-bond acceptors (Lipinski definition) is 3. The molecule has 0 amide bonds. The lowest BCUT2D eigenvalue weighted by atomic mass is 10.4. The molecule has 0 fully saturated rings. The third-order valence-electron chi connectivity index (χ3n) is 1.94. The lowest BCUT2D eigenvalue weighted by Gasteiger charge is -1.94. The van der Waals surface area contributed by atoms with Gasteiger partial charge in [-0.1, -0.05) is 17.4 Å². The van der Waals surface area contributed by atoms with Crippen molar-refractivity contribution in [3.8, 4) is 10.6 Å². The number of nitrogens with zero attached hydrogens (tertiary/aromatic N) is 1. The van der Waals surface area contributed by atoms with Gasteiger partial charge in [0.1, 0.15) is 0 Å². The number of aromatic nitrogens is 1. The molecular weight excluding hydrogens is 280 g/mol. The number of hydrogen-bond donors (Lipinski definition) is 1. The van der Waals surface area contributed by atoms with Crippen molar-refractivity contribution in [2.24, 2.45) is 7.05 Å². The van der Waals surface area contributed by atoms with Crippen molar-refractivity contribution in [1.82, 2.24) is 0 Å². The summed E-state index contributed by atoms with van der Waals surface area (Å²) >= 11 is 3.50. The molecule has 2 rings (SSSR count). The van der Waals surface area contributed by atoms with Gasteiger partial charge in [0, 0.05) is 5.38 Å². The minimum absolute atomic E-state index is 0. The topological polar surface area (TPSA) is 15.9 Å². The standard InChI is InChI=1S/C9H10N2S2.BrH/c1-10-9-11(2)7(6-13-9)8-4-3-5-12-8;/h3-6H,1-2H3;1H/p+1. The van der Waals surface area contributed by atoms with Crippen LogP contribution in [0, 0.1) is 0 Å². The summed E-state index contributed by atoms with van der Waals surface area (Å²) in [4.78, 5) is 1.32. The van der Waals surface area contributed by atoms with Crippen molar-refractivity contribution in [2.45, 2.75) is 0 Å². The molecule has 0 radical (unpaired) electrons. The highest BCUT2D eigenvalue weighted by Gasteiger charge is 2.13. The van der Waals surface area contributed by atoms with Crippen molar-refractivity contribution >= 4 is 44.8 Å². The lowest BCUT2D eigenvalue weighted by Crippen LogP contribution is -2.30. The highest BCUT2D eigenvalue weighted by atomic mass is 79.9. The van der Waals surface area contributed by atoms with Crippen molar-refractivity contribution in [3.63, 3.8) is 0 Å². The van der Waals surface area contributed by atoms with E-state index < -0.39 is 0 Å². The Hall–Kier alpha value is -0.390. The Morgan fingerprint density at radius 1 is 1.36 bits per heavy atom. The molecular formula is C9H12BrN2S2+. The van der Waals surface area contributed by atoms with E-state index in [1.165, 1.54) is 15.7 Å². The molecule has 0 atom stereocenters. The second-order valence-electron chi connectivity index (χ2n) is 2.71. The van der Waals surface area contributed by atoms with Crippen LogP contribution >= 0.6 is 39.7 Å². The number of anilines is 1. The van der Waals surface area contributed by atoms with E-state index in [-0.39, 0.29) is 17.0 Å². The molecule has 0 saturated heterocycles. The smallest absolute Gasteiger partial charge is 0.268 e. The predicted octanol–water partition coefficient (Wildman–Crippen LogP) is 2.92. The second-order valence-corrected chi connectivity index (χ2v) is 4.52. The van der Waals surface area contributed by atoms with Crippen LogP contribution in [0.2, 0.25) is 0 Å². The molecule has 76 valence electrons.